The molecule has 4 heteroatoms. The minimum atomic E-state index is -0.975. The number of anilines is 1. The molecule has 1 aromatic carbocycles. The molecular formula is C13H19NO3. The van der Waals surface area contributed by atoms with E-state index < -0.39 is 12.1 Å². The van der Waals surface area contributed by atoms with E-state index in [9.17, 15) is 9.90 Å². The van der Waals surface area contributed by atoms with E-state index in [-0.39, 0.29) is 6.42 Å². The third-order valence-corrected chi connectivity index (χ3v) is 2.62. The Morgan fingerprint density at radius 3 is 2.41 bits per heavy atom. The van der Waals surface area contributed by atoms with E-state index in [1.165, 1.54) is 5.56 Å². The molecule has 0 radical (unpaired) electrons. The summed E-state index contributed by atoms with van der Waals surface area (Å²) in [5.41, 5.74) is 2.18. The van der Waals surface area contributed by atoms with Gasteiger partial charge in [0.1, 0.15) is 0 Å². The molecule has 1 atom stereocenters. The smallest absolute Gasteiger partial charge is 0.306 e. The number of aryl methyl sites for hydroxylation is 1. The fourth-order valence-corrected chi connectivity index (χ4v) is 1.69. The summed E-state index contributed by atoms with van der Waals surface area (Å²) in [5, 5.41) is 18.2. The quantitative estimate of drug-likeness (QED) is 0.790. The van der Waals surface area contributed by atoms with Gasteiger partial charge in [0.25, 0.3) is 0 Å². The Morgan fingerprint density at radius 1 is 1.35 bits per heavy atom. The number of benzene rings is 1. The molecule has 1 rings (SSSR count). The minimum absolute atomic E-state index is 0.220. The molecule has 0 bridgehead atoms. The van der Waals surface area contributed by atoms with Crippen molar-refractivity contribution in [2.45, 2.75) is 26.4 Å². The first kappa shape index (κ1) is 13.5. The van der Waals surface area contributed by atoms with Gasteiger partial charge in [0.2, 0.25) is 0 Å². The van der Waals surface area contributed by atoms with Crippen LogP contribution in [0.5, 0.6) is 0 Å². The Morgan fingerprint density at radius 2 is 1.94 bits per heavy atom. The van der Waals surface area contributed by atoms with Crippen LogP contribution < -0.4 is 4.90 Å². The maximum atomic E-state index is 10.5. The van der Waals surface area contributed by atoms with E-state index in [1.807, 2.05) is 43.0 Å². The highest BCUT2D eigenvalue weighted by Gasteiger charge is 2.14. The van der Waals surface area contributed by atoms with Crippen molar-refractivity contribution >= 4 is 11.7 Å². The van der Waals surface area contributed by atoms with Crippen molar-refractivity contribution in [3.8, 4) is 0 Å². The van der Waals surface area contributed by atoms with Crippen molar-refractivity contribution in [2.75, 3.05) is 18.0 Å². The van der Waals surface area contributed by atoms with Crippen LogP contribution in [0, 0.1) is 6.92 Å². The van der Waals surface area contributed by atoms with Gasteiger partial charge >= 0.3 is 5.97 Å². The highest BCUT2D eigenvalue weighted by Crippen LogP contribution is 2.15. The number of rotatable bonds is 6. The zero-order valence-electron chi connectivity index (χ0n) is 10.3. The lowest BCUT2D eigenvalue weighted by Crippen LogP contribution is -2.33. The second-order valence-corrected chi connectivity index (χ2v) is 4.13. The third kappa shape index (κ3) is 4.44. The maximum absolute atomic E-state index is 10.5. The number of nitrogens with zero attached hydrogens (tertiary/aromatic N) is 1. The number of aliphatic hydroxyl groups is 1. The molecule has 94 valence electrons. The Balaban J connectivity index is 2.65. The molecule has 0 aromatic heterocycles. The Hall–Kier alpha value is -1.55. The highest BCUT2D eigenvalue weighted by atomic mass is 16.4. The van der Waals surface area contributed by atoms with Crippen LogP contribution in [0.25, 0.3) is 0 Å². The van der Waals surface area contributed by atoms with Gasteiger partial charge in [-0.2, -0.15) is 0 Å². The largest absolute Gasteiger partial charge is 0.481 e. The van der Waals surface area contributed by atoms with E-state index in [4.69, 9.17) is 5.11 Å². The van der Waals surface area contributed by atoms with Crippen LogP contribution in [0.2, 0.25) is 0 Å². The predicted molar refractivity (Wildman–Crippen MR) is 67.3 cm³/mol. The van der Waals surface area contributed by atoms with Crippen molar-refractivity contribution in [3.63, 3.8) is 0 Å². The van der Waals surface area contributed by atoms with E-state index in [2.05, 4.69) is 0 Å². The van der Waals surface area contributed by atoms with E-state index >= 15 is 0 Å². The first-order valence-corrected chi connectivity index (χ1v) is 5.74. The van der Waals surface area contributed by atoms with Gasteiger partial charge in [0.15, 0.2) is 0 Å². The van der Waals surface area contributed by atoms with Gasteiger partial charge in [0.05, 0.1) is 12.5 Å². The molecular weight excluding hydrogens is 218 g/mol. The second kappa shape index (κ2) is 6.25. The van der Waals surface area contributed by atoms with Crippen LogP contribution in [-0.4, -0.2) is 35.4 Å². The number of hydrogen-bond donors (Lipinski definition) is 2. The van der Waals surface area contributed by atoms with Crippen molar-refractivity contribution in [2.24, 2.45) is 0 Å². The zero-order chi connectivity index (χ0) is 12.8. The van der Waals surface area contributed by atoms with E-state index in [0.29, 0.717) is 6.54 Å². The van der Waals surface area contributed by atoms with Gasteiger partial charge in [-0.05, 0) is 26.0 Å². The van der Waals surface area contributed by atoms with Gasteiger partial charge < -0.3 is 15.1 Å². The van der Waals surface area contributed by atoms with Gasteiger partial charge in [-0.15, -0.1) is 0 Å². The molecule has 0 fully saturated rings. The Bertz CT molecular complexity index is 361. The number of aliphatic carboxylic acids is 1. The highest BCUT2D eigenvalue weighted by molar-refractivity contribution is 5.67. The van der Waals surface area contributed by atoms with Gasteiger partial charge in [-0.3, -0.25) is 4.79 Å². The SMILES string of the molecule is CCN(CC(O)CC(=O)O)c1ccc(C)cc1. The van der Waals surface area contributed by atoms with Crippen LogP contribution in [0.1, 0.15) is 18.9 Å². The summed E-state index contributed by atoms with van der Waals surface area (Å²) < 4.78 is 0. The summed E-state index contributed by atoms with van der Waals surface area (Å²) in [6.07, 6.45) is -1.06. The van der Waals surface area contributed by atoms with Crippen LogP contribution in [0.15, 0.2) is 24.3 Å². The molecule has 0 amide bonds. The van der Waals surface area contributed by atoms with Gasteiger partial charge in [0, 0.05) is 18.8 Å². The normalized spacial score (nSPS) is 12.2. The zero-order valence-corrected chi connectivity index (χ0v) is 10.3. The standard InChI is InChI=1S/C13H19NO3/c1-3-14(9-12(15)8-13(16)17)11-6-4-10(2)5-7-11/h4-7,12,15H,3,8-9H2,1-2H3,(H,16,17). The maximum Gasteiger partial charge on any atom is 0.306 e. The summed E-state index contributed by atoms with van der Waals surface area (Å²) >= 11 is 0. The molecule has 0 saturated heterocycles. The fourth-order valence-electron chi connectivity index (χ4n) is 1.69. The minimum Gasteiger partial charge on any atom is -0.481 e. The molecule has 17 heavy (non-hydrogen) atoms. The summed E-state index contributed by atoms with van der Waals surface area (Å²) in [6, 6.07) is 7.96. The molecule has 1 aromatic rings. The van der Waals surface area contributed by atoms with E-state index in [1.54, 1.807) is 0 Å². The average molecular weight is 237 g/mol. The number of carbonyl (C=O) groups is 1. The van der Waals surface area contributed by atoms with Crippen molar-refractivity contribution in [1.29, 1.82) is 0 Å². The summed E-state index contributed by atoms with van der Waals surface area (Å²) in [4.78, 5) is 12.4. The van der Waals surface area contributed by atoms with Crippen LogP contribution in [-0.2, 0) is 4.79 Å². The number of likely N-dealkylation sites (N-methyl/N-ethyl adjacent to an activating group) is 1. The number of carboxylic acid groups (broad SMARTS) is 1. The molecule has 2 N–H and O–H groups in total. The topological polar surface area (TPSA) is 60.8 Å². The third-order valence-electron chi connectivity index (χ3n) is 2.62. The summed E-state index contributed by atoms with van der Waals surface area (Å²) in [5.74, 6) is -0.975. The molecule has 4 nitrogen and oxygen atoms in total. The number of aliphatic hydroxyl groups excluding tert-OH is 1. The second-order valence-electron chi connectivity index (χ2n) is 4.13. The monoisotopic (exact) mass is 237 g/mol. The van der Waals surface area contributed by atoms with Gasteiger partial charge in [-0.25, -0.2) is 0 Å². The molecule has 0 saturated carbocycles. The molecule has 0 heterocycles. The van der Waals surface area contributed by atoms with Crippen molar-refractivity contribution in [3.05, 3.63) is 29.8 Å². The van der Waals surface area contributed by atoms with Crippen molar-refractivity contribution < 1.29 is 15.0 Å². The summed E-state index contributed by atoms with van der Waals surface area (Å²) in [6.45, 7) is 5.07. The van der Waals surface area contributed by atoms with Crippen LogP contribution >= 0.6 is 0 Å². The molecule has 0 aliphatic rings. The lowest BCUT2D eigenvalue weighted by Gasteiger charge is -2.25. The van der Waals surface area contributed by atoms with Gasteiger partial charge in [-0.1, -0.05) is 17.7 Å². The number of carboxylic acids is 1. The Labute approximate surface area is 101 Å². The van der Waals surface area contributed by atoms with Crippen molar-refractivity contribution in [1.82, 2.24) is 0 Å². The first-order chi connectivity index (χ1) is 8.02. The molecule has 0 aliphatic carbocycles. The molecule has 1 unspecified atom stereocenters. The lowest BCUT2D eigenvalue weighted by molar-refractivity contribution is -0.139. The lowest BCUT2D eigenvalue weighted by atomic mass is 10.2. The molecule has 0 aliphatic heterocycles. The average Bonchev–Trinajstić information content (AvgIpc) is 2.26. The van der Waals surface area contributed by atoms with Crippen LogP contribution in [0.4, 0.5) is 5.69 Å². The van der Waals surface area contributed by atoms with E-state index in [0.717, 1.165) is 12.2 Å². The first-order valence-electron chi connectivity index (χ1n) is 5.74. The summed E-state index contributed by atoms with van der Waals surface area (Å²) in [7, 11) is 0. The van der Waals surface area contributed by atoms with Crippen LogP contribution in [0.3, 0.4) is 0 Å². The molecule has 0 spiro atoms. The fraction of sp³-hybridized carbons (Fsp3) is 0.462. The number of hydrogen-bond acceptors (Lipinski definition) is 3. The predicted octanol–water partition coefficient (Wildman–Crippen LogP) is 1.66. The Kier molecular flexibility index (Phi) is 4.97.